The van der Waals surface area contributed by atoms with Crippen LogP contribution in [0.5, 0.6) is 0 Å². The highest BCUT2D eigenvalue weighted by Gasteiger charge is 2.58. The van der Waals surface area contributed by atoms with E-state index in [1.807, 2.05) is 24.3 Å². The Balaban J connectivity index is 0.818. The van der Waals surface area contributed by atoms with Crippen molar-refractivity contribution < 1.29 is 0 Å². The topological polar surface area (TPSA) is 62.5 Å². The van der Waals surface area contributed by atoms with Gasteiger partial charge in [-0.3, -0.25) is 0 Å². The molecule has 2 unspecified atom stereocenters. The number of nitrogens with zero attached hydrogens (tertiary/aromatic N) is 4. The Morgan fingerprint density at radius 2 is 0.606 bits per heavy atom. The molecule has 0 spiro atoms. The fraction of sp³-hybridized carbons (Fsp3) is 0.161. The van der Waals surface area contributed by atoms with Gasteiger partial charge in [-0.25, -0.2) is 15.0 Å². The standard InChI is InChI=1S/C62H48N4/c63-40-42-11-13-47(14-12-42)51-27-31-56(32-28-51)61-36-43-35-44(37-61)39-62(38-43,41-61)57-33-29-52(30-34-57)50-19-25-55(26-20-50)60-65-58(53-21-15-48(16-22-53)45-7-3-1-4-8-45)64-59(66-60)54-23-17-49(18-24-54)46-9-5-2-6-10-46/h1-34,43-44H,35-39,41H2. The molecule has 4 bridgehead atoms. The molecule has 2 atom stereocenters. The number of rotatable bonds is 9. The Morgan fingerprint density at radius 3 is 0.924 bits per heavy atom. The lowest BCUT2D eigenvalue weighted by Crippen LogP contribution is -2.55. The molecule has 0 N–H and O–H groups in total. The molecule has 4 nitrogen and oxygen atoms in total. The van der Waals surface area contributed by atoms with E-state index in [2.05, 4.69) is 188 Å². The first kappa shape index (κ1) is 39.8. The molecule has 4 aliphatic rings. The van der Waals surface area contributed by atoms with Crippen molar-refractivity contribution in [3.8, 4) is 84.7 Å². The number of aromatic nitrogens is 3. The van der Waals surface area contributed by atoms with E-state index < -0.39 is 0 Å². The maximum absolute atomic E-state index is 9.27. The van der Waals surface area contributed by atoms with Crippen molar-refractivity contribution in [2.75, 3.05) is 0 Å². The quantitative estimate of drug-likeness (QED) is 0.145. The molecular weight excluding hydrogens is 801 g/mol. The molecule has 0 aliphatic heterocycles. The smallest absolute Gasteiger partial charge is 0.164 e. The van der Waals surface area contributed by atoms with Crippen LogP contribution < -0.4 is 0 Å². The summed E-state index contributed by atoms with van der Waals surface area (Å²) in [6.07, 6.45) is 7.80. The van der Waals surface area contributed by atoms with Crippen LogP contribution in [-0.4, -0.2) is 15.0 Å². The van der Waals surface area contributed by atoms with E-state index in [4.69, 9.17) is 15.0 Å². The van der Waals surface area contributed by atoms with Crippen molar-refractivity contribution in [1.29, 1.82) is 5.26 Å². The lowest BCUT2D eigenvalue weighted by atomic mass is 9.41. The fourth-order valence-corrected chi connectivity index (χ4v) is 12.2. The van der Waals surface area contributed by atoms with Crippen molar-refractivity contribution in [1.82, 2.24) is 15.0 Å². The summed E-state index contributed by atoms with van der Waals surface area (Å²) in [6.45, 7) is 0. The van der Waals surface area contributed by atoms with Gasteiger partial charge in [-0.05, 0) is 129 Å². The predicted molar refractivity (Wildman–Crippen MR) is 267 cm³/mol. The summed E-state index contributed by atoms with van der Waals surface area (Å²) in [5.41, 5.74) is 16.4. The van der Waals surface area contributed by atoms with Crippen LogP contribution in [0.15, 0.2) is 206 Å². The molecule has 4 aliphatic carbocycles. The average Bonchev–Trinajstić information content (AvgIpc) is 3.39. The van der Waals surface area contributed by atoms with Crippen LogP contribution in [0.1, 0.15) is 55.2 Å². The Labute approximate surface area is 387 Å². The lowest BCUT2D eigenvalue weighted by Gasteiger charge is -2.63. The minimum atomic E-state index is 0.218. The minimum absolute atomic E-state index is 0.218. The van der Waals surface area contributed by atoms with E-state index in [1.165, 1.54) is 77.5 Å². The van der Waals surface area contributed by atoms with Crippen molar-refractivity contribution in [2.45, 2.75) is 49.4 Å². The van der Waals surface area contributed by atoms with Crippen LogP contribution >= 0.6 is 0 Å². The summed E-state index contributed by atoms with van der Waals surface area (Å²) in [5.74, 6) is 3.49. The van der Waals surface area contributed by atoms with Crippen molar-refractivity contribution in [3.63, 3.8) is 0 Å². The SMILES string of the molecule is N#Cc1ccc(-c2ccc(C34CC5CC(C3)CC(c3ccc(-c6ccc(-c7nc(-c8ccc(-c9ccccc9)cc8)nc(-c8ccc(-c9ccccc9)cc8)n7)cc6)cc3)(C5)C4)cc2)cc1. The summed E-state index contributed by atoms with van der Waals surface area (Å²) in [7, 11) is 0. The zero-order valence-corrected chi connectivity index (χ0v) is 36.8. The second kappa shape index (κ2) is 16.4. The first-order chi connectivity index (χ1) is 32.5. The second-order valence-electron chi connectivity index (χ2n) is 19.1. The van der Waals surface area contributed by atoms with Crippen LogP contribution in [0, 0.1) is 23.2 Å². The monoisotopic (exact) mass is 848 g/mol. The van der Waals surface area contributed by atoms with Gasteiger partial charge in [-0.1, -0.05) is 194 Å². The van der Waals surface area contributed by atoms with Crippen LogP contribution in [0.3, 0.4) is 0 Å². The van der Waals surface area contributed by atoms with Gasteiger partial charge >= 0.3 is 0 Å². The van der Waals surface area contributed by atoms with E-state index >= 15 is 0 Å². The predicted octanol–water partition coefficient (Wildman–Crippen LogP) is 15.2. The van der Waals surface area contributed by atoms with Gasteiger partial charge in [0, 0.05) is 16.7 Å². The summed E-state index contributed by atoms with van der Waals surface area (Å²) in [6, 6.07) is 75.8. The molecule has 1 heterocycles. The number of hydrogen-bond acceptors (Lipinski definition) is 4. The highest BCUT2D eigenvalue weighted by atomic mass is 15.0. The van der Waals surface area contributed by atoms with E-state index in [1.54, 1.807) is 0 Å². The third kappa shape index (κ3) is 7.41. The lowest BCUT2D eigenvalue weighted by molar-refractivity contribution is -0.0281. The minimum Gasteiger partial charge on any atom is -0.208 e. The van der Waals surface area contributed by atoms with Gasteiger partial charge in [0.2, 0.25) is 0 Å². The number of benzene rings is 8. The molecule has 316 valence electrons. The molecule has 0 saturated heterocycles. The van der Waals surface area contributed by atoms with Gasteiger partial charge in [0.1, 0.15) is 0 Å². The summed E-state index contributed by atoms with van der Waals surface area (Å²) in [5, 5.41) is 9.27. The Hall–Kier alpha value is -7.74. The van der Waals surface area contributed by atoms with Crippen LogP contribution in [-0.2, 0) is 10.8 Å². The van der Waals surface area contributed by atoms with Gasteiger partial charge in [-0.2, -0.15) is 5.26 Å². The van der Waals surface area contributed by atoms with Gasteiger partial charge in [0.25, 0.3) is 0 Å². The molecule has 8 aromatic carbocycles. The third-order valence-electron chi connectivity index (χ3n) is 15.0. The highest BCUT2D eigenvalue weighted by Crippen LogP contribution is 2.66. The molecule has 0 amide bonds. The van der Waals surface area contributed by atoms with Gasteiger partial charge < -0.3 is 0 Å². The number of hydrogen-bond donors (Lipinski definition) is 0. The van der Waals surface area contributed by atoms with Crippen molar-refractivity contribution in [2.24, 2.45) is 11.8 Å². The zero-order valence-electron chi connectivity index (χ0n) is 36.8. The number of nitriles is 1. The van der Waals surface area contributed by atoms with E-state index in [9.17, 15) is 5.26 Å². The van der Waals surface area contributed by atoms with E-state index in [-0.39, 0.29) is 10.8 Å². The Morgan fingerprint density at radius 1 is 0.333 bits per heavy atom. The molecule has 13 rings (SSSR count). The van der Waals surface area contributed by atoms with E-state index in [0.29, 0.717) is 23.0 Å². The Bertz CT molecular complexity index is 3090. The zero-order chi connectivity index (χ0) is 44.1. The van der Waals surface area contributed by atoms with E-state index in [0.717, 1.165) is 45.2 Å². The van der Waals surface area contributed by atoms with Gasteiger partial charge in [0.15, 0.2) is 17.5 Å². The van der Waals surface area contributed by atoms with Gasteiger partial charge in [-0.15, -0.1) is 0 Å². The third-order valence-corrected chi connectivity index (χ3v) is 15.0. The maximum atomic E-state index is 9.27. The highest BCUT2D eigenvalue weighted by molar-refractivity contribution is 5.74. The maximum Gasteiger partial charge on any atom is 0.164 e. The molecular formula is C62H48N4. The molecule has 1 aromatic heterocycles. The molecule has 4 saturated carbocycles. The molecule has 9 aromatic rings. The first-order valence-corrected chi connectivity index (χ1v) is 23.4. The summed E-state index contributed by atoms with van der Waals surface area (Å²) in [4.78, 5) is 15.2. The Kier molecular flexibility index (Phi) is 9.87. The largest absolute Gasteiger partial charge is 0.208 e. The second-order valence-corrected chi connectivity index (χ2v) is 19.1. The first-order valence-electron chi connectivity index (χ1n) is 23.4. The average molecular weight is 849 g/mol. The van der Waals surface area contributed by atoms with Crippen molar-refractivity contribution >= 4 is 0 Å². The molecule has 4 heteroatoms. The van der Waals surface area contributed by atoms with Crippen LogP contribution in [0.2, 0.25) is 0 Å². The summed E-state index contributed by atoms with van der Waals surface area (Å²) >= 11 is 0. The van der Waals surface area contributed by atoms with Crippen LogP contribution in [0.4, 0.5) is 0 Å². The molecule has 0 radical (unpaired) electrons. The normalized spacial score (nSPS) is 20.5. The van der Waals surface area contributed by atoms with Crippen molar-refractivity contribution in [3.05, 3.63) is 223 Å². The molecule has 66 heavy (non-hydrogen) atoms. The summed E-state index contributed by atoms with van der Waals surface area (Å²) < 4.78 is 0. The van der Waals surface area contributed by atoms with Gasteiger partial charge in [0.05, 0.1) is 11.6 Å². The van der Waals surface area contributed by atoms with Crippen LogP contribution in [0.25, 0.3) is 78.7 Å². The fourth-order valence-electron chi connectivity index (χ4n) is 12.2. The molecule has 4 fully saturated rings.